The van der Waals surface area contributed by atoms with Crippen molar-refractivity contribution in [3.63, 3.8) is 0 Å². The average Bonchev–Trinajstić information content (AvgIpc) is 2.76. The van der Waals surface area contributed by atoms with Gasteiger partial charge in [0.05, 0.1) is 0 Å². The van der Waals surface area contributed by atoms with Crippen LogP contribution in [0.15, 0.2) is 66.7 Å². The van der Waals surface area contributed by atoms with Gasteiger partial charge in [-0.2, -0.15) is 0 Å². The van der Waals surface area contributed by atoms with Crippen molar-refractivity contribution in [3.8, 4) is 16.9 Å². The van der Waals surface area contributed by atoms with Crippen LogP contribution in [0.2, 0.25) is 0 Å². The molecule has 3 aromatic carbocycles. The van der Waals surface area contributed by atoms with Crippen LogP contribution in [0, 0.1) is 5.92 Å². The molecule has 0 spiro atoms. The lowest BCUT2D eigenvalue weighted by atomic mass is 9.82. The van der Waals surface area contributed by atoms with Crippen molar-refractivity contribution in [2.24, 2.45) is 5.92 Å². The summed E-state index contributed by atoms with van der Waals surface area (Å²) in [5.74, 6) is 1.78. The molecule has 1 atom stereocenters. The summed E-state index contributed by atoms with van der Waals surface area (Å²) in [6.07, 6.45) is 4.94. The smallest absolute Gasteiger partial charge is 0.120 e. The van der Waals surface area contributed by atoms with Crippen LogP contribution in [0.25, 0.3) is 11.1 Å². The van der Waals surface area contributed by atoms with Gasteiger partial charge in [-0.3, -0.25) is 0 Å². The Balaban J connectivity index is 0.00000181. The van der Waals surface area contributed by atoms with Gasteiger partial charge in [0, 0.05) is 5.69 Å². The fourth-order valence-corrected chi connectivity index (χ4v) is 4.26. The predicted molar refractivity (Wildman–Crippen MR) is 140 cm³/mol. The summed E-state index contributed by atoms with van der Waals surface area (Å²) in [4.78, 5) is 2.29. The van der Waals surface area contributed by atoms with Crippen LogP contribution in [0.4, 0.5) is 5.69 Å². The van der Waals surface area contributed by atoms with Crippen LogP contribution in [-0.2, 0) is 19.4 Å². The van der Waals surface area contributed by atoms with Crippen LogP contribution in [0.5, 0.6) is 5.75 Å². The fraction of sp³-hybridized carbons (Fsp3) is 0.333. The standard InChI is InChI=1S/C27H32N2O.2ClH/c1-29(2)15-14-20-6-11-25-18-27(13-12-24(25)16-20)30-19-21-7-9-22(10-8-21)23-4-3-5-26(28)17-23;;/h3-5,7-10,12-13,17-18,20H,6,11,14-16,19,28H2,1-2H3;2*1H. The molecule has 172 valence electrons. The Morgan fingerprint density at radius 2 is 1.69 bits per heavy atom. The summed E-state index contributed by atoms with van der Waals surface area (Å²) in [6, 6.07) is 23.2. The second-order valence-corrected chi connectivity index (χ2v) is 8.74. The SMILES string of the molecule is CN(C)CCC1CCc2cc(OCc3ccc(-c4cccc(N)c4)cc3)ccc2C1.Cl.Cl. The van der Waals surface area contributed by atoms with E-state index in [0.717, 1.165) is 22.9 Å². The van der Waals surface area contributed by atoms with E-state index in [1.807, 2.05) is 18.2 Å². The monoisotopic (exact) mass is 472 g/mol. The van der Waals surface area contributed by atoms with Gasteiger partial charge in [0.25, 0.3) is 0 Å². The second-order valence-electron chi connectivity index (χ2n) is 8.74. The Kier molecular flexibility index (Phi) is 9.89. The molecule has 0 saturated carbocycles. The van der Waals surface area contributed by atoms with E-state index in [1.165, 1.54) is 54.5 Å². The zero-order chi connectivity index (χ0) is 20.9. The largest absolute Gasteiger partial charge is 0.489 e. The molecule has 0 bridgehead atoms. The molecule has 0 fully saturated rings. The minimum atomic E-state index is 0. The van der Waals surface area contributed by atoms with Gasteiger partial charge in [0.2, 0.25) is 0 Å². The van der Waals surface area contributed by atoms with Gasteiger partial charge < -0.3 is 15.4 Å². The number of rotatable bonds is 7. The lowest BCUT2D eigenvalue weighted by molar-refractivity contribution is 0.304. The summed E-state index contributed by atoms with van der Waals surface area (Å²) in [7, 11) is 4.32. The normalized spacial score (nSPS) is 14.8. The van der Waals surface area contributed by atoms with E-state index in [9.17, 15) is 0 Å². The molecule has 4 rings (SSSR count). The van der Waals surface area contributed by atoms with E-state index in [2.05, 4.69) is 67.5 Å². The number of nitrogens with two attached hydrogens (primary N) is 1. The van der Waals surface area contributed by atoms with Crippen molar-refractivity contribution in [3.05, 3.63) is 83.4 Å². The molecule has 0 aliphatic heterocycles. The van der Waals surface area contributed by atoms with Crippen LogP contribution in [0.1, 0.15) is 29.5 Å². The summed E-state index contributed by atoms with van der Waals surface area (Å²) >= 11 is 0. The van der Waals surface area contributed by atoms with Crippen LogP contribution >= 0.6 is 24.8 Å². The number of fused-ring (bicyclic) bond motifs is 1. The average molecular weight is 473 g/mol. The minimum Gasteiger partial charge on any atom is -0.489 e. The van der Waals surface area contributed by atoms with E-state index >= 15 is 0 Å². The lowest BCUT2D eigenvalue weighted by Crippen LogP contribution is -2.21. The Bertz CT molecular complexity index is 989. The first-order chi connectivity index (χ1) is 14.6. The number of ether oxygens (including phenoxy) is 1. The second kappa shape index (κ2) is 12.2. The van der Waals surface area contributed by atoms with E-state index in [1.54, 1.807) is 0 Å². The number of anilines is 1. The zero-order valence-corrected chi connectivity index (χ0v) is 20.6. The molecule has 5 heteroatoms. The Labute approximate surface area is 204 Å². The highest BCUT2D eigenvalue weighted by molar-refractivity contribution is 5.85. The Morgan fingerprint density at radius 1 is 0.906 bits per heavy atom. The van der Waals surface area contributed by atoms with Gasteiger partial charge in [-0.1, -0.05) is 42.5 Å². The first-order valence-electron chi connectivity index (χ1n) is 10.9. The molecular weight excluding hydrogens is 439 g/mol. The molecular formula is C27H34Cl2N2O. The third-order valence-corrected chi connectivity index (χ3v) is 6.07. The van der Waals surface area contributed by atoms with Crippen LogP contribution in [-0.4, -0.2) is 25.5 Å². The maximum absolute atomic E-state index is 6.10. The molecule has 3 nitrogen and oxygen atoms in total. The van der Waals surface area contributed by atoms with Gasteiger partial charge in [0.1, 0.15) is 12.4 Å². The third-order valence-electron chi connectivity index (χ3n) is 6.07. The summed E-state index contributed by atoms with van der Waals surface area (Å²) in [5, 5.41) is 0. The molecule has 0 aromatic heterocycles. The Morgan fingerprint density at radius 3 is 2.41 bits per heavy atom. The van der Waals surface area contributed by atoms with Crippen molar-refractivity contribution in [1.82, 2.24) is 4.90 Å². The number of hydrogen-bond acceptors (Lipinski definition) is 3. The van der Waals surface area contributed by atoms with E-state index < -0.39 is 0 Å². The molecule has 0 amide bonds. The van der Waals surface area contributed by atoms with E-state index in [0.29, 0.717) is 6.61 Å². The zero-order valence-electron chi connectivity index (χ0n) is 18.9. The van der Waals surface area contributed by atoms with Gasteiger partial charge >= 0.3 is 0 Å². The van der Waals surface area contributed by atoms with Gasteiger partial charge in [-0.25, -0.2) is 0 Å². The van der Waals surface area contributed by atoms with Gasteiger partial charge in [0.15, 0.2) is 0 Å². The lowest BCUT2D eigenvalue weighted by Gasteiger charge is -2.26. The number of nitrogen functional groups attached to an aromatic ring is 1. The highest BCUT2D eigenvalue weighted by Gasteiger charge is 2.19. The topological polar surface area (TPSA) is 38.5 Å². The molecule has 3 aromatic rings. The van der Waals surface area contributed by atoms with Crippen molar-refractivity contribution in [2.45, 2.75) is 32.3 Å². The molecule has 0 radical (unpaired) electrons. The Hall–Kier alpha value is -2.20. The number of benzene rings is 3. The molecule has 2 N–H and O–H groups in total. The molecule has 1 aliphatic rings. The first kappa shape index (κ1) is 26.1. The summed E-state index contributed by atoms with van der Waals surface area (Å²) in [6.45, 7) is 1.76. The number of hydrogen-bond donors (Lipinski definition) is 1. The number of halogens is 2. The highest BCUT2D eigenvalue weighted by atomic mass is 35.5. The molecule has 0 saturated heterocycles. The minimum absolute atomic E-state index is 0. The first-order valence-corrected chi connectivity index (χ1v) is 10.9. The number of nitrogens with zero attached hydrogens (tertiary/aromatic N) is 1. The molecule has 32 heavy (non-hydrogen) atoms. The maximum Gasteiger partial charge on any atom is 0.120 e. The molecule has 1 aliphatic carbocycles. The van der Waals surface area contributed by atoms with E-state index in [-0.39, 0.29) is 24.8 Å². The number of aryl methyl sites for hydroxylation is 1. The fourth-order valence-electron chi connectivity index (χ4n) is 4.26. The quantitative estimate of drug-likeness (QED) is 0.403. The van der Waals surface area contributed by atoms with Gasteiger partial charge in [-0.15, -0.1) is 24.8 Å². The highest BCUT2D eigenvalue weighted by Crippen LogP contribution is 2.30. The van der Waals surface area contributed by atoms with Crippen molar-refractivity contribution < 1.29 is 4.74 Å². The molecule has 0 heterocycles. The predicted octanol–water partition coefficient (Wildman–Crippen LogP) is 6.42. The van der Waals surface area contributed by atoms with Crippen molar-refractivity contribution >= 4 is 30.5 Å². The summed E-state index contributed by atoms with van der Waals surface area (Å²) in [5.41, 5.74) is 13.1. The van der Waals surface area contributed by atoms with E-state index in [4.69, 9.17) is 10.5 Å². The van der Waals surface area contributed by atoms with Crippen molar-refractivity contribution in [2.75, 3.05) is 26.4 Å². The third kappa shape index (κ3) is 6.90. The maximum atomic E-state index is 6.10. The van der Waals surface area contributed by atoms with Crippen molar-refractivity contribution in [1.29, 1.82) is 0 Å². The van der Waals surface area contributed by atoms with Crippen LogP contribution in [0.3, 0.4) is 0 Å². The summed E-state index contributed by atoms with van der Waals surface area (Å²) < 4.78 is 6.10. The molecule has 1 unspecified atom stereocenters. The van der Waals surface area contributed by atoms with Crippen LogP contribution < -0.4 is 10.5 Å². The van der Waals surface area contributed by atoms with Gasteiger partial charge in [-0.05, 0) is 104 Å².